The minimum absolute atomic E-state index is 0.261. The first-order valence-corrected chi connectivity index (χ1v) is 8.68. The summed E-state index contributed by atoms with van der Waals surface area (Å²) in [6.07, 6.45) is 0. The van der Waals surface area contributed by atoms with Crippen molar-refractivity contribution in [3.63, 3.8) is 0 Å². The number of para-hydroxylation sites is 2. The van der Waals surface area contributed by atoms with Crippen LogP contribution in [0.3, 0.4) is 0 Å². The van der Waals surface area contributed by atoms with Crippen molar-refractivity contribution in [2.24, 2.45) is 0 Å². The Balaban J connectivity index is 1.98. The molecular formula is C19H18N2O2S. The van der Waals surface area contributed by atoms with Gasteiger partial charge in [-0.05, 0) is 31.5 Å². The molecule has 1 heterocycles. The molecular weight excluding hydrogens is 320 g/mol. The standard InChI is InChI=1S/C19H18N2O2S/c1-3-23-19(22)17(14-9-5-4-6-10-14)24-18-13(2)20-15-11-7-8-12-16(15)21-18/h4-12,17H,3H2,1-2H3/t17-/m0/s1. The average molecular weight is 338 g/mol. The van der Waals surface area contributed by atoms with Gasteiger partial charge in [-0.2, -0.15) is 0 Å². The van der Waals surface area contributed by atoms with Crippen LogP contribution in [-0.4, -0.2) is 22.5 Å². The molecule has 24 heavy (non-hydrogen) atoms. The van der Waals surface area contributed by atoms with E-state index in [1.54, 1.807) is 0 Å². The minimum atomic E-state index is -0.458. The van der Waals surface area contributed by atoms with Crippen molar-refractivity contribution in [1.82, 2.24) is 9.97 Å². The Kier molecular flexibility index (Phi) is 5.11. The lowest BCUT2D eigenvalue weighted by Gasteiger charge is -2.16. The number of hydrogen-bond acceptors (Lipinski definition) is 5. The maximum absolute atomic E-state index is 12.4. The number of aryl methyl sites for hydroxylation is 1. The molecule has 5 heteroatoms. The number of nitrogens with zero attached hydrogens (tertiary/aromatic N) is 2. The zero-order valence-electron chi connectivity index (χ0n) is 13.6. The number of carbonyl (C=O) groups is 1. The van der Waals surface area contributed by atoms with Gasteiger partial charge >= 0.3 is 5.97 Å². The zero-order valence-corrected chi connectivity index (χ0v) is 14.4. The fraction of sp³-hybridized carbons (Fsp3) is 0.211. The van der Waals surface area contributed by atoms with Gasteiger partial charge in [0, 0.05) is 0 Å². The number of hydrogen-bond donors (Lipinski definition) is 0. The van der Waals surface area contributed by atoms with Crippen LogP contribution in [-0.2, 0) is 9.53 Å². The molecule has 1 atom stereocenters. The molecule has 0 aliphatic carbocycles. The molecule has 3 aromatic rings. The van der Waals surface area contributed by atoms with E-state index in [9.17, 15) is 4.79 Å². The van der Waals surface area contributed by atoms with Gasteiger partial charge in [0.15, 0.2) is 0 Å². The molecule has 0 radical (unpaired) electrons. The summed E-state index contributed by atoms with van der Waals surface area (Å²) in [6.45, 7) is 4.08. The first-order chi connectivity index (χ1) is 11.7. The molecule has 2 aromatic carbocycles. The van der Waals surface area contributed by atoms with Gasteiger partial charge in [-0.3, -0.25) is 4.79 Å². The molecule has 0 saturated heterocycles. The van der Waals surface area contributed by atoms with Gasteiger partial charge in [0.05, 0.1) is 23.3 Å². The Labute approximate surface area is 145 Å². The largest absolute Gasteiger partial charge is 0.465 e. The van der Waals surface area contributed by atoms with E-state index in [2.05, 4.69) is 9.97 Å². The first kappa shape index (κ1) is 16.5. The molecule has 0 aliphatic rings. The number of esters is 1. The molecule has 122 valence electrons. The average Bonchev–Trinajstić information content (AvgIpc) is 2.60. The van der Waals surface area contributed by atoms with Crippen molar-refractivity contribution < 1.29 is 9.53 Å². The summed E-state index contributed by atoms with van der Waals surface area (Å²) in [5, 5.41) is 0.288. The van der Waals surface area contributed by atoms with E-state index in [4.69, 9.17) is 4.74 Å². The summed E-state index contributed by atoms with van der Waals surface area (Å²) in [7, 11) is 0. The summed E-state index contributed by atoms with van der Waals surface area (Å²) in [6, 6.07) is 17.4. The molecule has 0 fully saturated rings. The van der Waals surface area contributed by atoms with Gasteiger partial charge in [-0.25, -0.2) is 9.97 Å². The first-order valence-electron chi connectivity index (χ1n) is 7.80. The van der Waals surface area contributed by atoms with Gasteiger partial charge in [0.25, 0.3) is 0 Å². The van der Waals surface area contributed by atoms with Gasteiger partial charge in [0.1, 0.15) is 10.3 Å². The molecule has 4 nitrogen and oxygen atoms in total. The normalized spacial score (nSPS) is 12.1. The molecule has 0 bridgehead atoms. The Morgan fingerprint density at radius 2 is 1.67 bits per heavy atom. The molecule has 0 saturated carbocycles. The molecule has 1 aromatic heterocycles. The summed E-state index contributed by atoms with van der Waals surface area (Å²) in [4.78, 5) is 21.7. The van der Waals surface area contributed by atoms with Crippen molar-refractivity contribution in [2.45, 2.75) is 24.1 Å². The van der Waals surface area contributed by atoms with E-state index in [0.717, 1.165) is 27.3 Å². The highest BCUT2D eigenvalue weighted by Gasteiger charge is 2.25. The molecule has 0 unspecified atom stereocenters. The maximum atomic E-state index is 12.4. The van der Waals surface area contributed by atoms with E-state index in [0.29, 0.717) is 6.61 Å². The SMILES string of the molecule is CCOC(=O)[C@@H](Sc1nc2ccccc2nc1C)c1ccccc1. The number of thioether (sulfide) groups is 1. The molecule has 0 spiro atoms. The minimum Gasteiger partial charge on any atom is -0.465 e. The monoisotopic (exact) mass is 338 g/mol. The van der Waals surface area contributed by atoms with Crippen LogP contribution in [0, 0.1) is 6.92 Å². The maximum Gasteiger partial charge on any atom is 0.324 e. The van der Waals surface area contributed by atoms with Gasteiger partial charge in [-0.15, -0.1) is 0 Å². The van der Waals surface area contributed by atoms with Gasteiger partial charge in [0.2, 0.25) is 0 Å². The highest BCUT2D eigenvalue weighted by atomic mass is 32.2. The summed E-state index contributed by atoms with van der Waals surface area (Å²) in [5.41, 5.74) is 3.38. The van der Waals surface area contributed by atoms with Crippen molar-refractivity contribution in [3.05, 3.63) is 65.9 Å². The smallest absolute Gasteiger partial charge is 0.324 e. The van der Waals surface area contributed by atoms with E-state index in [1.807, 2.05) is 68.4 Å². The predicted molar refractivity (Wildman–Crippen MR) is 95.9 cm³/mol. The van der Waals surface area contributed by atoms with E-state index in [1.165, 1.54) is 11.8 Å². The van der Waals surface area contributed by atoms with Crippen LogP contribution < -0.4 is 0 Å². The molecule has 0 amide bonds. The van der Waals surface area contributed by atoms with E-state index in [-0.39, 0.29) is 5.97 Å². The Hall–Kier alpha value is -2.40. The summed E-state index contributed by atoms with van der Waals surface area (Å²) >= 11 is 1.38. The van der Waals surface area contributed by atoms with Crippen LogP contribution in [0.1, 0.15) is 23.4 Å². The van der Waals surface area contributed by atoms with Crippen molar-refractivity contribution in [2.75, 3.05) is 6.61 Å². The summed E-state index contributed by atoms with van der Waals surface area (Å²) in [5.74, 6) is -0.261. The van der Waals surface area contributed by atoms with Crippen LogP contribution in [0.15, 0.2) is 59.6 Å². The second-order valence-corrected chi connectivity index (χ2v) is 6.36. The lowest BCUT2D eigenvalue weighted by atomic mass is 10.1. The number of benzene rings is 2. The fourth-order valence-corrected chi connectivity index (χ4v) is 3.44. The third kappa shape index (κ3) is 3.57. The number of ether oxygens (including phenoxy) is 1. The van der Waals surface area contributed by atoms with Crippen molar-refractivity contribution in [3.8, 4) is 0 Å². The number of fused-ring (bicyclic) bond motifs is 1. The predicted octanol–water partition coefficient (Wildman–Crippen LogP) is 4.33. The third-order valence-electron chi connectivity index (χ3n) is 3.53. The molecule has 3 rings (SSSR count). The Bertz CT molecular complexity index is 852. The number of carbonyl (C=O) groups excluding carboxylic acids is 1. The fourth-order valence-electron chi connectivity index (χ4n) is 2.39. The second-order valence-electron chi connectivity index (χ2n) is 5.26. The Morgan fingerprint density at radius 3 is 2.33 bits per heavy atom. The van der Waals surface area contributed by atoms with E-state index < -0.39 is 5.25 Å². The number of rotatable bonds is 5. The lowest BCUT2D eigenvalue weighted by Crippen LogP contribution is -2.13. The van der Waals surface area contributed by atoms with Crippen LogP contribution in [0.4, 0.5) is 0 Å². The lowest BCUT2D eigenvalue weighted by molar-refractivity contribution is -0.142. The number of aromatic nitrogens is 2. The molecule has 0 N–H and O–H groups in total. The van der Waals surface area contributed by atoms with Gasteiger partial charge in [-0.1, -0.05) is 54.2 Å². The van der Waals surface area contributed by atoms with Crippen molar-refractivity contribution >= 4 is 28.8 Å². The van der Waals surface area contributed by atoms with E-state index >= 15 is 0 Å². The van der Waals surface area contributed by atoms with Crippen molar-refractivity contribution in [1.29, 1.82) is 0 Å². The van der Waals surface area contributed by atoms with Crippen LogP contribution in [0.25, 0.3) is 11.0 Å². The topological polar surface area (TPSA) is 52.1 Å². The summed E-state index contributed by atoms with van der Waals surface area (Å²) < 4.78 is 5.25. The Morgan fingerprint density at radius 1 is 1.04 bits per heavy atom. The quantitative estimate of drug-likeness (QED) is 0.512. The van der Waals surface area contributed by atoms with Crippen LogP contribution in [0.2, 0.25) is 0 Å². The second kappa shape index (κ2) is 7.45. The zero-order chi connectivity index (χ0) is 16.9. The highest BCUT2D eigenvalue weighted by molar-refractivity contribution is 8.00. The highest BCUT2D eigenvalue weighted by Crippen LogP contribution is 2.37. The molecule has 0 aliphatic heterocycles. The third-order valence-corrected chi connectivity index (χ3v) is 4.84. The van der Waals surface area contributed by atoms with Crippen LogP contribution in [0.5, 0.6) is 0 Å². The van der Waals surface area contributed by atoms with Crippen LogP contribution >= 0.6 is 11.8 Å². The van der Waals surface area contributed by atoms with Gasteiger partial charge < -0.3 is 4.74 Å².